The predicted octanol–water partition coefficient (Wildman–Crippen LogP) is 5.08. The van der Waals surface area contributed by atoms with E-state index in [0.29, 0.717) is 6.04 Å². The van der Waals surface area contributed by atoms with Crippen LogP contribution in [0.25, 0.3) is 10.9 Å². The Bertz CT molecular complexity index is 817. The van der Waals surface area contributed by atoms with E-state index in [1.54, 1.807) is 5.56 Å². The molecule has 0 amide bonds. The van der Waals surface area contributed by atoms with Gasteiger partial charge in [0.05, 0.1) is 0 Å². The summed E-state index contributed by atoms with van der Waals surface area (Å²) in [4.78, 5) is 3.69. The lowest BCUT2D eigenvalue weighted by Gasteiger charge is -2.24. The van der Waals surface area contributed by atoms with E-state index >= 15 is 0 Å². The van der Waals surface area contributed by atoms with Crippen molar-refractivity contribution in [2.75, 3.05) is 6.54 Å². The minimum absolute atomic E-state index is 0.484. The Balaban J connectivity index is 1.43. The van der Waals surface area contributed by atoms with Crippen molar-refractivity contribution in [3.63, 3.8) is 0 Å². The van der Waals surface area contributed by atoms with Gasteiger partial charge in [-0.1, -0.05) is 42.0 Å². The topological polar surface area (TPSA) is 27.8 Å². The van der Waals surface area contributed by atoms with Gasteiger partial charge in [0.1, 0.15) is 0 Å². The SMILES string of the molecule is Cc1ccc2[nH]c3c(c2c1)CCC[C@H]3NCCCc1ccccc1. The predicted molar refractivity (Wildman–Crippen MR) is 101 cm³/mol. The van der Waals surface area contributed by atoms with Crippen LogP contribution in [0.1, 0.15) is 47.7 Å². The third kappa shape index (κ3) is 3.11. The standard InChI is InChI=1S/C22H26N2/c1-16-12-13-20-19(15-16)18-10-5-11-21(22(18)24-20)23-14-6-9-17-7-3-2-4-8-17/h2-4,7-8,12-13,15,21,23-24H,5-6,9-11,14H2,1H3/t21-/m1/s1. The van der Waals surface area contributed by atoms with Crippen LogP contribution in [0.3, 0.4) is 0 Å². The van der Waals surface area contributed by atoms with E-state index in [-0.39, 0.29) is 0 Å². The molecule has 0 saturated carbocycles. The molecule has 2 heteroatoms. The van der Waals surface area contributed by atoms with Crippen molar-refractivity contribution in [1.82, 2.24) is 10.3 Å². The van der Waals surface area contributed by atoms with Crippen LogP contribution in [0.5, 0.6) is 0 Å². The fourth-order valence-corrected chi connectivity index (χ4v) is 3.99. The number of fused-ring (bicyclic) bond motifs is 3. The molecule has 0 radical (unpaired) electrons. The van der Waals surface area contributed by atoms with Gasteiger partial charge in [0.25, 0.3) is 0 Å². The Morgan fingerprint density at radius 1 is 1.12 bits per heavy atom. The van der Waals surface area contributed by atoms with Crippen molar-refractivity contribution in [3.05, 3.63) is 70.9 Å². The summed E-state index contributed by atoms with van der Waals surface area (Å²) in [7, 11) is 0. The fraction of sp³-hybridized carbons (Fsp3) is 0.364. The van der Waals surface area contributed by atoms with Crippen molar-refractivity contribution in [2.45, 2.75) is 45.1 Å². The maximum Gasteiger partial charge on any atom is 0.0476 e. The summed E-state index contributed by atoms with van der Waals surface area (Å²) in [6.07, 6.45) is 6.07. The summed E-state index contributed by atoms with van der Waals surface area (Å²) in [5, 5.41) is 5.22. The highest BCUT2D eigenvalue weighted by Crippen LogP contribution is 2.35. The van der Waals surface area contributed by atoms with Gasteiger partial charge < -0.3 is 10.3 Å². The van der Waals surface area contributed by atoms with Gasteiger partial charge in [0.2, 0.25) is 0 Å². The van der Waals surface area contributed by atoms with Crippen molar-refractivity contribution in [2.24, 2.45) is 0 Å². The van der Waals surface area contributed by atoms with Gasteiger partial charge >= 0.3 is 0 Å². The van der Waals surface area contributed by atoms with Crippen LogP contribution in [0.2, 0.25) is 0 Å². The number of rotatable bonds is 5. The van der Waals surface area contributed by atoms with E-state index in [9.17, 15) is 0 Å². The third-order valence-corrected chi connectivity index (χ3v) is 5.24. The van der Waals surface area contributed by atoms with Gasteiger partial charge in [-0.05, 0) is 68.8 Å². The number of H-pyrrole nitrogens is 1. The van der Waals surface area contributed by atoms with Crippen molar-refractivity contribution in [3.8, 4) is 0 Å². The van der Waals surface area contributed by atoms with Gasteiger partial charge in [-0.15, -0.1) is 0 Å². The number of aromatic amines is 1. The normalized spacial score (nSPS) is 17.1. The molecular formula is C22H26N2. The molecule has 0 unspecified atom stereocenters. The van der Waals surface area contributed by atoms with Gasteiger partial charge in [-0.2, -0.15) is 0 Å². The highest BCUT2D eigenvalue weighted by atomic mass is 14.9. The first-order valence-electron chi connectivity index (χ1n) is 9.19. The summed E-state index contributed by atoms with van der Waals surface area (Å²) < 4.78 is 0. The van der Waals surface area contributed by atoms with Crippen LogP contribution in [-0.2, 0) is 12.8 Å². The molecule has 0 saturated heterocycles. The molecule has 2 nitrogen and oxygen atoms in total. The zero-order valence-electron chi connectivity index (χ0n) is 14.4. The van der Waals surface area contributed by atoms with Crippen LogP contribution in [-0.4, -0.2) is 11.5 Å². The maximum absolute atomic E-state index is 3.79. The average molecular weight is 318 g/mol. The zero-order chi connectivity index (χ0) is 16.4. The van der Waals surface area contributed by atoms with Crippen LogP contribution < -0.4 is 5.32 Å². The average Bonchev–Trinajstić information content (AvgIpc) is 2.98. The van der Waals surface area contributed by atoms with Crippen LogP contribution in [0.15, 0.2) is 48.5 Å². The van der Waals surface area contributed by atoms with Crippen LogP contribution >= 0.6 is 0 Å². The summed E-state index contributed by atoms with van der Waals surface area (Å²) in [5.41, 5.74) is 7.05. The van der Waals surface area contributed by atoms with Gasteiger partial charge in [-0.25, -0.2) is 0 Å². The van der Waals surface area contributed by atoms with Crippen molar-refractivity contribution in [1.29, 1.82) is 0 Å². The molecule has 4 rings (SSSR count). The highest BCUT2D eigenvalue weighted by molar-refractivity contribution is 5.85. The third-order valence-electron chi connectivity index (χ3n) is 5.24. The number of nitrogens with one attached hydrogen (secondary N) is 2. The van der Waals surface area contributed by atoms with E-state index < -0.39 is 0 Å². The largest absolute Gasteiger partial charge is 0.357 e. The fourth-order valence-electron chi connectivity index (χ4n) is 3.99. The summed E-state index contributed by atoms with van der Waals surface area (Å²) in [5.74, 6) is 0. The highest BCUT2D eigenvalue weighted by Gasteiger charge is 2.23. The van der Waals surface area contributed by atoms with E-state index in [0.717, 1.165) is 13.0 Å². The van der Waals surface area contributed by atoms with Gasteiger partial charge in [0.15, 0.2) is 0 Å². The minimum atomic E-state index is 0.484. The lowest BCUT2D eigenvalue weighted by molar-refractivity contribution is 0.449. The molecule has 0 spiro atoms. The molecule has 0 aliphatic heterocycles. The minimum Gasteiger partial charge on any atom is -0.357 e. The summed E-state index contributed by atoms with van der Waals surface area (Å²) in [6.45, 7) is 3.26. The van der Waals surface area contributed by atoms with Crippen molar-refractivity contribution >= 4 is 10.9 Å². The molecule has 1 atom stereocenters. The molecule has 3 aromatic rings. The van der Waals surface area contributed by atoms with E-state index in [1.807, 2.05) is 0 Å². The molecule has 1 aliphatic rings. The van der Waals surface area contributed by atoms with E-state index in [1.165, 1.54) is 53.4 Å². The second-order valence-electron chi connectivity index (χ2n) is 7.05. The van der Waals surface area contributed by atoms with Crippen molar-refractivity contribution < 1.29 is 0 Å². The smallest absolute Gasteiger partial charge is 0.0476 e. The molecule has 1 heterocycles. The monoisotopic (exact) mass is 318 g/mol. The van der Waals surface area contributed by atoms with E-state index in [4.69, 9.17) is 0 Å². The Morgan fingerprint density at radius 3 is 2.88 bits per heavy atom. The molecular weight excluding hydrogens is 292 g/mol. The van der Waals surface area contributed by atoms with Gasteiger partial charge in [0, 0.05) is 22.6 Å². The van der Waals surface area contributed by atoms with Gasteiger partial charge in [-0.3, -0.25) is 0 Å². The zero-order valence-corrected chi connectivity index (χ0v) is 14.4. The number of hydrogen-bond donors (Lipinski definition) is 2. The second kappa shape index (κ2) is 6.82. The first-order valence-corrected chi connectivity index (χ1v) is 9.19. The Kier molecular flexibility index (Phi) is 4.40. The summed E-state index contributed by atoms with van der Waals surface area (Å²) >= 11 is 0. The Labute approximate surface area is 144 Å². The molecule has 1 aliphatic carbocycles. The van der Waals surface area contributed by atoms with E-state index in [2.05, 4.69) is 65.8 Å². The molecule has 1 aromatic heterocycles. The second-order valence-corrected chi connectivity index (χ2v) is 7.05. The summed E-state index contributed by atoms with van der Waals surface area (Å²) in [6, 6.07) is 18.0. The number of benzene rings is 2. The first kappa shape index (κ1) is 15.5. The van der Waals surface area contributed by atoms with Crippen LogP contribution in [0.4, 0.5) is 0 Å². The maximum atomic E-state index is 3.79. The molecule has 24 heavy (non-hydrogen) atoms. The molecule has 0 bridgehead atoms. The lowest BCUT2D eigenvalue weighted by atomic mass is 9.91. The molecule has 2 aromatic carbocycles. The molecule has 2 N–H and O–H groups in total. The molecule has 124 valence electrons. The Hall–Kier alpha value is -2.06. The first-order chi connectivity index (χ1) is 11.8. The quantitative estimate of drug-likeness (QED) is 0.631. The van der Waals surface area contributed by atoms with Crippen LogP contribution in [0, 0.1) is 6.92 Å². The Morgan fingerprint density at radius 2 is 2.00 bits per heavy atom. The number of hydrogen-bond acceptors (Lipinski definition) is 1. The number of aromatic nitrogens is 1. The lowest BCUT2D eigenvalue weighted by Crippen LogP contribution is -2.26. The molecule has 0 fully saturated rings. The number of aryl methyl sites for hydroxylation is 3.